The number of pyridine rings is 1. The monoisotopic (exact) mass is 377 g/mol. The summed E-state index contributed by atoms with van der Waals surface area (Å²) in [5.74, 6) is -1.03. The molecule has 2 aromatic heterocycles. The highest BCUT2D eigenvalue weighted by atomic mass is 19.4. The van der Waals surface area contributed by atoms with Crippen LogP contribution in [0.2, 0.25) is 0 Å². The minimum atomic E-state index is -4.60. The van der Waals surface area contributed by atoms with Gasteiger partial charge in [-0.05, 0) is 24.6 Å². The van der Waals surface area contributed by atoms with E-state index in [2.05, 4.69) is 20.6 Å². The number of nitrogens with one attached hydrogen (secondary N) is 2. The lowest BCUT2D eigenvalue weighted by molar-refractivity contribution is -0.146. The molecule has 27 heavy (non-hydrogen) atoms. The highest BCUT2D eigenvalue weighted by Gasteiger charge is 2.37. The molecule has 3 aromatic rings. The summed E-state index contributed by atoms with van der Waals surface area (Å²) in [6.45, 7) is 2.20. The molecule has 0 aliphatic rings. The lowest BCUT2D eigenvalue weighted by atomic mass is 10.1. The van der Waals surface area contributed by atoms with Crippen molar-refractivity contribution >= 4 is 17.2 Å². The van der Waals surface area contributed by atoms with Crippen LogP contribution in [0, 0.1) is 6.92 Å². The van der Waals surface area contributed by atoms with Gasteiger partial charge in [-0.25, -0.2) is 14.8 Å². The number of carbonyl (C=O) groups is 1. The number of urea groups is 1. The fourth-order valence-corrected chi connectivity index (χ4v) is 2.62. The lowest BCUT2D eigenvalue weighted by Gasteiger charge is -2.12. The van der Waals surface area contributed by atoms with E-state index in [9.17, 15) is 18.0 Å². The first kappa shape index (κ1) is 18.7. The number of benzene rings is 1. The number of hydrogen-bond donors (Lipinski definition) is 2. The standard InChI is InChI=1S/C18H18F3N5O/c1-12-4-6-13(7-5-12)11-24-17(27)23-9-10-26-15-14(3-2-8-22-15)25-16(26)18(19,20)21/h2-8H,9-11H2,1H3,(H2,23,24,27). The van der Waals surface area contributed by atoms with Gasteiger partial charge < -0.3 is 15.2 Å². The molecule has 2 N–H and O–H groups in total. The van der Waals surface area contributed by atoms with Gasteiger partial charge in [0.1, 0.15) is 5.52 Å². The van der Waals surface area contributed by atoms with Crippen LogP contribution < -0.4 is 10.6 Å². The van der Waals surface area contributed by atoms with E-state index in [1.807, 2.05) is 31.2 Å². The van der Waals surface area contributed by atoms with Crippen LogP contribution >= 0.6 is 0 Å². The van der Waals surface area contributed by atoms with E-state index in [4.69, 9.17) is 0 Å². The van der Waals surface area contributed by atoms with Crippen LogP contribution in [0.15, 0.2) is 42.6 Å². The van der Waals surface area contributed by atoms with Crippen molar-refractivity contribution in [3.63, 3.8) is 0 Å². The summed E-state index contributed by atoms with van der Waals surface area (Å²) in [6.07, 6.45) is -3.20. The minimum absolute atomic E-state index is 0.00481. The highest BCUT2D eigenvalue weighted by molar-refractivity contribution is 5.74. The molecular weight excluding hydrogens is 359 g/mol. The van der Waals surface area contributed by atoms with Crippen molar-refractivity contribution in [3.8, 4) is 0 Å². The number of imidazole rings is 1. The normalized spacial score (nSPS) is 11.6. The van der Waals surface area contributed by atoms with E-state index < -0.39 is 18.0 Å². The predicted molar refractivity (Wildman–Crippen MR) is 93.9 cm³/mol. The number of carbonyl (C=O) groups excluding carboxylic acids is 1. The molecule has 2 amide bonds. The van der Waals surface area contributed by atoms with Crippen molar-refractivity contribution in [1.29, 1.82) is 0 Å². The van der Waals surface area contributed by atoms with E-state index in [0.717, 1.165) is 15.7 Å². The quantitative estimate of drug-likeness (QED) is 0.717. The van der Waals surface area contributed by atoms with Crippen LogP contribution in [0.25, 0.3) is 11.2 Å². The van der Waals surface area contributed by atoms with Gasteiger partial charge in [0.2, 0.25) is 5.82 Å². The van der Waals surface area contributed by atoms with Gasteiger partial charge >= 0.3 is 12.2 Å². The Bertz CT molecular complexity index is 934. The highest BCUT2D eigenvalue weighted by Crippen LogP contribution is 2.30. The molecule has 0 unspecified atom stereocenters. The molecule has 0 atom stereocenters. The summed E-state index contributed by atoms with van der Waals surface area (Å²) in [5, 5.41) is 5.22. The second kappa shape index (κ2) is 7.65. The molecule has 0 aliphatic carbocycles. The third kappa shape index (κ3) is 4.55. The Morgan fingerprint density at radius 3 is 2.59 bits per heavy atom. The Morgan fingerprint density at radius 1 is 1.15 bits per heavy atom. The topological polar surface area (TPSA) is 71.8 Å². The zero-order chi connectivity index (χ0) is 19.4. The average molecular weight is 377 g/mol. The maximum atomic E-state index is 13.2. The zero-order valence-electron chi connectivity index (χ0n) is 14.5. The minimum Gasteiger partial charge on any atom is -0.336 e. The van der Waals surface area contributed by atoms with Crippen molar-refractivity contribution in [2.24, 2.45) is 0 Å². The van der Waals surface area contributed by atoms with Crippen LogP contribution in [0.4, 0.5) is 18.0 Å². The molecular formula is C18H18F3N5O. The van der Waals surface area contributed by atoms with Crippen LogP contribution in [-0.4, -0.2) is 27.1 Å². The molecule has 0 saturated carbocycles. The summed E-state index contributed by atoms with van der Waals surface area (Å²) in [7, 11) is 0. The third-order valence-electron chi connectivity index (χ3n) is 3.95. The van der Waals surface area contributed by atoms with Gasteiger partial charge in [0.05, 0.1) is 0 Å². The fourth-order valence-electron chi connectivity index (χ4n) is 2.62. The molecule has 3 rings (SSSR count). The molecule has 1 aromatic carbocycles. The Balaban J connectivity index is 1.60. The number of aromatic nitrogens is 3. The van der Waals surface area contributed by atoms with Crippen molar-refractivity contribution in [2.45, 2.75) is 26.2 Å². The second-order valence-electron chi connectivity index (χ2n) is 6.03. The Morgan fingerprint density at radius 2 is 1.89 bits per heavy atom. The fraction of sp³-hybridized carbons (Fsp3) is 0.278. The van der Waals surface area contributed by atoms with Crippen LogP contribution in [-0.2, 0) is 19.3 Å². The number of alkyl halides is 3. The predicted octanol–water partition coefficient (Wildman–Crippen LogP) is 3.26. The molecule has 0 fully saturated rings. The van der Waals surface area contributed by atoms with E-state index in [1.165, 1.54) is 18.3 Å². The van der Waals surface area contributed by atoms with Gasteiger partial charge in [-0.2, -0.15) is 13.2 Å². The molecule has 0 bridgehead atoms. The van der Waals surface area contributed by atoms with E-state index in [1.54, 1.807) is 0 Å². The van der Waals surface area contributed by atoms with Crippen LogP contribution in [0.1, 0.15) is 17.0 Å². The smallest absolute Gasteiger partial charge is 0.336 e. The number of hydrogen-bond acceptors (Lipinski definition) is 3. The summed E-state index contributed by atoms with van der Waals surface area (Å²) >= 11 is 0. The number of rotatable bonds is 5. The van der Waals surface area contributed by atoms with Gasteiger partial charge in [0.25, 0.3) is 0 Å². The van der Waals surface area contributed by atoms with Crippen molar-refractivity contribution in [3.05, 3.63) is 59.5 Å². The maximum Gasteiger partial charge on any atom is 0.449 e. The van der Waals surface area contributed by atoms with E-state index >= 15 is 0 Å². The molecule has 0 spiro atoms. The number of aryl methyl sites for hydroxylation is 1. The van der Waals surface area contributed by atoms with Gasteiger partial charge in [-0.15, -0.1) is 0 Å². The maximum absolute atomic E-state index is 13.2. The van der Waals surface area contributed by atoms with Crippen LogP contribution in [0.5, 0.6) is 0 Å². The van der Waals surface area contributed by atoms with Gasteiger partial charge in [0, 0.05) is 25.8 Å². The summed E-state index contributed by atoms with van der Waals surface area (Å²) < 4.78 is 40.6. The lowest BCUT2D eigenvalue weighted by Crippen LogP contribution is -2.37. The van der Waals surface area contributed by atoms with Gasteiger partial charge in [-0.3, -0.25) is 0 Å². The third-order valence-corrected chi connectivity index (χ3v) is 3.95. The second-order valence-corrected chi connectivity index (χ2v) is 6.03. The van der Waals surface area contributed by atoms with Crippen molar-refractivity contribution in [1.82, 2.24) is 25.2 Å². The summed E-state index contributed by atoms with van der Waals surface area (Å²) in [5.41, 5.74) is 2.34. The molecule has 6 nitrogen and oxygen atoms in total. The Kier molecular flexibility index (Phi) is 5.29. The average Bonchev–Trinajstić information content (AvgIpc) is 3.01. The SMILES string of the molecule is Cc1ccc(CNC(=O)NCCn2c(C(F)(F)F)nc3cccnc32)cc1. The molecule has 2 heterocycles. The van der Waals surface area contributed by atoms with Crippen LogP contribution in [0.3, 0.4) is 0 Å². The molecule has 0 aliphatic heterocycles. The number of amides is 2. The zero-order valence-corrected chi connectivity index (χ0v) is 14.5. The van der Waals surface area contributed by atoms with Crippen molar-refractivity contribution in [2.75, 3.05) is 6.54 Å². The summed E-state index contributed by atoms with van der Waals surface area (Å²) in [6, 6.07) is 10.2. The Hall–Kier alpha value is -3.10. The Labute approximate surface area is 153 Å². The van der Waals surface area contributed by atoms with Gasteiger partial charge in [0.15, 0.2) is 5.65 Å². The van der Waals surface area contributed by atoms with E-state index in [0.29, 0.717) is 6.54 Å². The van der Waals surface area contributed by atoms with Gasteiger partial charge in [-0.1, -0.05) is 29.8 Å². The number of halogens is 3. The van der Waals surface area contributed by atoms with E-state index in [-0.39, 0.29) is 24.3 Å². The first-order chi connectivity index (χ1) is 12.8. The molecule has 142 valence electrons. The summed E-state index contributed by atoms with van der Waals surface area (Å²) in [4.78, 5) is 19.5. The van der Waals surface area contributed by atoms with Crippen molar-refractivity contribution < 1.29 is 18.0 Å². The number of nitrogens with zero attached hydrogens (tertiary/aromatic N) is 3. The number of fused-ring (bicyclic) bond motifs is 1. The molecule has 0 saturated heterocycles. The largest absolute Gasteiger partial charge is 0.449 e. The first-order valence-corrected chi connectivity index (χ1v) is 8.30. The molecule has 9 heteroatoms. The first-order valence-electron chi connectivity index (χ1n) is 8.30. The molecule has 0 radical (unpaired) electrons.